The Hall–Kier alpha value is -1.44. The minimum Gasteiger partial charge on any atom is -0.263 e. The molecule has 0 unspecified atom stereocenters. The van der Waals surface area contributed by atoms with Crippen molar-refractivity contribution in [3.05, 3.63) is 47.4 Å². The lowest BCUT2D eigenvalue weighted by atomic mass is 10.1. The van der Waals surface area contributed by atoms with Crippen molar-refractivity contribution in [2.45, 2.75) is 33.6 Å². The second-order valence-corrected chi connectivity index (χ2v) is 3.97. The quantitative estimate of drug-likeness (QED) is 0.675. The summed E-state index contributed by atoms with van der Waals surface area (Å²) in [6, 6.07) is 6.65. The molecule has 0 aliphatic carbocycles. The Kier molecular flexibility index (Phi) is 4.90. The minimum absolute atomic E-state index is 0.183. The molecule has 0 bridgehead atoms. The van der Waals surface area contributed by atoms with Gasteiger partial charge in [0.05, 0.1) is 0 Å². The van der Waals surface area contributed by atoms with Crippen LogP contribution in [0.25, 0.3) is 0 Å². The zero-order valence-electron chi connectivity index (χ0n) is 10.1. The highest BCUT2D eigenvalue weighted by atomic mass is 19.1. The molecular weight excluding hydrogens is 201 g/mol. The molecule has 0 spiro atoms. The van der Waals surface area contributed by atoms with Gasteiger partial charge in [-0.3, -0.25) is 4.99 Å². The third kappa shape index (κ3) is 4.39. The standard InChI is InChI=1S/C14H18FN/c1-4-14(16-11(2)3)10-7-12-5-8-13(15)9-6-12/h4-6,8-9H,7,10H2,1-3H3/b14-4-. The molecule has 1 aromatic rings. The fourth-order valence-corrected chi connectivity index (χ4v) is 1.48. The first-order valence-electron chi connectivity index (χ1n) is 5.53. The van der Waals surface area contributed by atoms with Crippen LogP contribution >= 0.6 is 0 Å². The first-order valence-corrected chi connectivity index (χ1v) is 5.53. The second-order valence-electron chi connectivity index (χ2n) is 3.97. The van der Waals surface area contributed by atoms with Crippen LogP contribution in [0, 0.1) is 5.82 Å². The predicted octanol–water partition coefficient (Wildman–Crippen LogP) is 4.14. The lowest BCUT2D eigenvalue weighted by molar-refractivity contribution is 0.627. The third-order valence-electron chi connectivity index (χ3n) is 2.28. The Morgan fingerprint density at radius 2 is 1.88 bits per heavy atom. The van der Waals surface area contributed by atoms with E-state index in [-0.39, 0.29) is 5.82 Å². The maximum Gasteiger partial charge on any atom is 0.123 e. The van der Waals surface area contributed by atoms with Gasteiger partial charge in [-0.25, -0.2) is 4.39 Å². The summed E-state index contributed by atoms with van der Waals surface area (Å²) in [5, 5.41) is 0. The van der Waals surface area contributed by atoms with Gasteiger partial charge in [-0.05, 0) is 51.3 Å². The van der Waals surface area contributed by atoms with Crippen LogP contribution in [-0.4, -0.2) is 5.71 Å². The van der Waals surface area contributed by atoms with Crippen LogP contribution in [-0.2, 0) is 6.42 Å². The zero-order valence-corrected chi connectivity index (χ0v) is 10.1. The van der Waals surface area contributed by atoms with Crippen LogP contribution in [0.4, 0.5) is 4.39 Å². The number of benzene rings is 1. The maximum absolute atomic E-state index is 12.7. The topological polar surface area (TPSA) is 12.4 Å². The molecule has 1 nitrogen and oxygen atoms in total. The Morgan fingerprint density at radius 3 is 2.38 bits per heavy atom. The number of aryl methyl sites for hydroxylation is 1. The van der Waals surface area contributed by atoms with Crippen LogP contribution in [0.2, 0.25) is 0 Å². The lowest BCUT2D eigenvalue weighted by Crippen LogP contribution is -1.90. The zero-order chi connectivity index (χ0) is 12.0. The monoisotopic (exact) mass is 219 g/mol. The van der Waals surface area contributed by atoms with Gasteiger partial charge >= 0.3 is 0 Å². The van der Waals surface area contributed by atoms with Crippen molar-refractivity contribution in [2.24, 2.45) is 4.99 Å². The maximum atomic E-state index is 12.7. The molecule has 0 aromatic heterocycles. The van der Waals surface area contributed by atoms with Crippen molar-refractivity contribution in [3.63, 3.8) is 0 Å². The molecule has 1 aromatic carbocycles. The Balaban J connectivity index is 2.57. The van der Waals surface area contributed by atoms with Gasteiger partial charge in [-0.2, -0.15) is 0 Å². The van der Waals surface area contributed by atoms with E-state index in [4.69, 9.17) is 0 Å². The van der Waals surface area contributed by atoms with E-state index in [0.29, 0.717) is 0 Å². The normalized spacial score (nSPS) is 11.4. The molecule has 0 fully saturated rings. The van der Waals surface area contributed by atoms with E-state index in [1.165, 1.54) is 12.1 Å². The summed E-state index contributed by atoms with van der Waals surface area (Å²) < 4.78 is 12.7. The summed E-state index contributed by atoms with van der Waals surface area (Å²) in [5.74, 6) is -0.183. The smallest absolute Gasteiger partial charge is 0.123 e. The van der Waals surface area contributed by atoms with E-state index in [0.717, 1.165) is 29.8 Å². The summed E-state index contributed by atoms with van der Waals surface area (Å²) >= 11 is 0. The van der Waals surface area contributed by atoms with Crippen LogP contribution in [0.1, 0.15) is 32.8 Å². The van der Waals surface area contributed by atoms with Crippen LogP contribution in [0.3, 0.4) is 0 Å². The summed E-state index contributed by atoms with van der Waals surface area (Å²) in [6.45, 7) is 5.97. The number of halogens is 1. The molecule has 16 heavy (non-hydrogen) atoms. The predicted molar refractivity (Wildman–Crippen MR) is 67.3 cm³/mol. The van der Waals surface area contributed by atoms with E-state index in [1.807, 2.05) is 39.0 Å². The van der Waals surface area contributed by atoms with Crippen LogP contribution in [0.5, 0.6) is 0 Å². The molecule has 0 amide bonds. The Labute approximate surface area is 96.7 Å². The van der Waals surface area contributed by atoms with Gasteiger partial charge < -0.3 is 0 Å². The molecule has 2 heteroatoms. The Morgan fingerprint density at radius 1 is 1.25 bits per heavy atom. The van der Waals surface area contributed by atoms with Gasteiger partial charge in [0.25, 0.3) is 0 Å². The molecule has 0 aliphatic rings. The lowest BCUT2D eigenvalue weighted by Gasteiger charge is -2.03. The molecule has 0 radical (unpaired) electrons. The van der Waals surface area contributed by atoms with Gasteiger partial charge in [0.15, 0.2) is 0 Å². The van der Waals surface area contributed by atoms with Crippen molar-refractivity contribution >= 4 is 5.71 Å². The van der Waals surface area contributed by atoms with E-state index < -0.39 is 0 Å². The largest absolute Gasteiger partial charge is 0.263 e. The Bertz CT molecular complexity index is 384. The van der Waals surface area contributed by atoms with Gasteiger partial charge in [0.1, 0.15) is 5.82 Å². The molecule has 0 N–H and O–H groups in total. The SMILES string of the molecule is C/C=C(/CCc1ccc(F)cc1)N=C(C)C. The van der Waals surface area contributed by atoms with Gasteiger partial charge in [-0.15, -0.1) is 0 Å². The molecule has 86 valence electrons. The van der Waals surface area contributed by atoms with Gasteiger partial charge in [0.2, 0.25) is 0 Å². The molecular formula is C14H18FN. The number of rotatable bonds is 4. The fraction of sp³-hybridized carbons (Fsp3) is 0.357. The van der Waals surface area contributed by atoms with Crippen LogP contribution < -0.4 is 0 Å². The average Bonchev–Trinajstić information content (AvgIpc) is 2.26. The number of hydrogen-bond donors (Lipinski definition) is 0. The highest BCUT2D eigenvalue weighted by Gasteiger charge is 1.97. The van der Waals surface area contributed by atoms with Crippen molar-refractivity contribution in [3.8, 4) is 0 Å². The molecule has 0 aliphatic heterocycles. The highest BCUT2D eigenvalue weighted by molar-refractivity contribution is 5.80. The molecule has 0 saturated heterocycles. The van der Waals surface area contributed by atoms with E-state index in [2.05, 4.69) is 4.99 Å². The minimum atomic E-state index is -0.183. The first kappa shape index (κ1) is 12.6. The summed E-state index contributed by atoms with van der Waals surface area (Å²) in [6.07, 6.45) is 3.82. The van der Waals surface area contributed by atoms with E-state index in [1.54, 1.807) is 0 Å². The number of aliphatic imine (C=N–C) groups is 1. The van der Waals surface area contributed by atoms with Gasteiger partial charge in [-0.1, -0.05) is 18.2 Å². The van der Waals surface area contributed by atoms with E-state index >= 15 is 0 Å². The van der Waals surface area contributed by atoms with Crippen LogP contribution in [0.15, 0.2) is 41.0 Å². The van der Waals surface area contributed by atoms with Gasteiger partial charge in [0, 0.05) is 11.4 Å². The summed E-state index contributed by atoms with van der Waals surface area (Å²) in [7, 11) is 0. The molecule has 0 heterocycles. The van der Waals surface area contributed by atoms with Crippen molar-refractivity contribution < 1.29 is 4.39 Å². The van der Waals surface area contributed by atoms with Crippen molar-refractivity contribution in [1.82, 2.24) is 0 Å². The molecule has 0 saturated carbocycles. The highest BCUT2D eigenvalue weighted by Crippen LogP contribution is 2.11. The average molecular weight is 219 g/mol. The summed E-state index contributed by atoms with van der Waals surface area (Å²) in [4.78, 5) is 4.43. The van der Waals surface area contributed by atoms with Crippen molar-refractivity contribution in [1.29, 1.82) is 0 Å². The molecule has 0 atom stereocenters. The number of hydrogen-bond acceptors (Lipinski definition) is 1. The van der Waals surface area contributed by atoms with E-state index in [9.17, 15) is 4.39 Å². The number of allylic oxidation sites excluding steroid dienone is 2. The third-order valence-corrected chi connectivity index (χ3v) is 2.28. The fourth-order valence-electron chi connectivity index (χ4n) is 1.48. The number of nitrogens with zero attached hydrogens (tertiary/aromatic N) is 1. The molecule has 1 rings (SSSR count). The first-order chi connectivity index (χ1) is 7.61. The van der Waals surface area contributed by atoms with Crippen molar-refractivity contribution in [2.75, 3.05) is 0 Å². The summed E-state index contributed by atoms with van der Waals surface area (Å²) in [5.41, 5.74) is 3.29. The second kappa shape index (κ2) is 6.21.